The minimum absolute atomic E-state index is 0.0409. The Labute approximate surface area is 167 Å². The Morgan fingerprint density at radius 2 is 1.86 bits per heavy atom. The molecule has 0 spiro atoms. The number of esters is 1. The molecule has 1 atom stereocenters. The van der Waals surface area contributed by atoms with E-state index in [0.29, 0.717) is 10.6 Å². The van der Waals surface area contributed by atoms with Crippen LogP contribution < -0.4 is 5.32 Å². The van der Waals surface area contributed by atoms with Crippen LogP contribution in [0.15, 0.2) is 60.7 Å². The van der Waals surface area contributed by atoms with Crippen molar-refractivity contribution in [2.45, 2.75) is 19.8 Å². The second kappa shape index (κ2) is 8.80. The van der Waals surface area contributed by atoms with Gasteiger partial charge in [0.2, 0.25) is 0 Å². The summed E-state index contributed by atoms with van der Waals surface area (Å²) in [7, 11) is 0. The van der Waals surface area contributed by atoms with Gasteiger partial charge in [0.1, 0.15) is 10.8 Å². The number of amides is 1. The summed E-state index contributed by atoms with van der Waals surface area (Å²) in [5.41, 5.74) is 1.58. The van der Waals surface area contributed by atoms with E-state index >= 15 is 0 Å². The van der Waals surface area contributed by atoms with Gasteiger partial charge in [0, 0.05) is 16.4 Å². The van der Waals surface area contributed by atoms with Gasteiger partial charge in [0.25, 0.3) is 5.91 Å². The van der Waals surface area contributed by atoms with E-state index in [1.807, 2.05) is 37.3 Å². The predicted molar refractivity (Wildman–Crippen MR) is 109 cm³/mol. The number of rotatable bonds is 6. The van der Waals surface area contributed by atoms with E-state index in [-0.39, 0.29) is 18.1 Å². The van der Waals surface area contributed by atoms with Crippen molar-refractivity contribution in [1.29, 1.82) is 0 Å². The zero-order valence-corrected chi connectivity index (χ0v) is 16.4. The molecule has 3 rings (SSSR count). The van der Waals surface area contributed by atoms with Gasteiger partial charge < -0.3 is 10.1 Å². The normalized spacial score (nSPS) is 11.7. The van der Waals surface area contributed by atoms with Crippen LogP contribution in [0.5, 0.6) is 0 Å². The smallest absolute Gasteiger partial charge is 0.341 e. The van der Waals surface area contributed by atoms with Crippen LogP contribution in [0.25, 0.3) is 0 Å². The summed E-state index contributed by atoms with van der Waals surface area (Å²) < 4.78 is 18.6. The standard InChI is InChI=1S/C22H20FNO3S/c1-3-27-22(26)18-13-19(14(2)15-8-5-4-6-9-15)28-21(18)24-20(25)16-10-7-11-17(23)12-16/h4-14H,3H2,1-2H3,(H,24,25)/t14-/m1/s1. The summed E-state index contributed by atoms with van der Waals surface area (Å²) in [4.78, 5) is 25.8. The number of ether oxygens (including phenoxy) is 1. The third kappa shape index (κ3) is 4.46. The molecule has 2 aromatic carbocycles. The maximum atomic E-state index is 13.4. The first-order valence-electron chi connectivity index (χ1n) is 8.92. The lowest BCUT2D eigenvalue weighted by molar-refractivity contribution is 0.0528. The maximum absolute atomic E-state index is 13.4. The van der Waals surface area contributed by atoms with Crippen molar-refractivity contribution in [2.75, 3.05) is 11.9 Å². The van der Waals surface area contributed by atoms with E-state index in [0.717, 1.165) is 16.5 Å². The molecule has 6 heteroatoms. The first kappa shape index (κ1) is 19.8. The van der Waals surface area contributed by atoms with Crippen molar-refractivity contribution >= 4 is 28.2 Å². The van der Waals surface area contributed by atoms with Gasteiger partial charge in [-0.1, -0.05) is 43.3 Å². The van der Waals surface area contributed by atoms with Gasteiger partial charge in [-0.3, -0.25) is 4.79 Å². The molecule has 0 unspecified atom stereocenters. The Morgan fingerprint density at radius 1 is 1.11 bits per heavy atom. The topological polar surface area (TPSA) is 55.4 Å². The van der Waals surface area contributed by atoms with Crippen LogP contribution >= 0.6 is 11.3 Å². The molecule has 0 saturated carbocycles. The van der Waals surface area contributed by atoms with Crippen molar-refractivity contribution < 1.29 is 18.7 Å². The van der Waals surface area contributed by atoms with E-state index < -0.39 is 17.7 Å². The van der Waals surface area contributed by atoms with Crippen molar-refractivity contribution in [3.8, 4) is 0 Å². The highest BCUT2D eigenvalue weighted by molar-refractivity contribution is 7.16. The molecule has 0 aliphatic carbocycles. The lowest BCUT2D eigenvalue weighted by atomic mass is 9.99. The highest BCUT2D eigenvalue weighted by Gasteiger charge is 2.22. The Kier molecular flexibility index (Phi) is 6.21. The number of hydrogen-bond donors (Lipinski definition) is 1. The summed E-state index contributed by atoms with van der Waals surface area (Å²) in [6.45, 7) is 3.99. The van der Waals surface area contributed by atoms with Gasteiger partial charge in [-0.05, 0) is 36.8 Å². The fourth-order valence-corrected chi connectivity index (χ4v) is 3.91. The molecule has 0 aliphatic rings. The van der Waals surface area contributed by atoms with Gasteiger partial charge in [-0.25, -0.2) is 9.18 Å². The molecular weight excluding hydrogens is 377 g/mol. The fourth-order valence-electron chi connectivity index (χ4n) is 2.79. The van der Waals surface area contributed by atoms with E-state index in [2.05, 4.69) is 5.32 Å². The Morgan fingerprint density at radius 3 is 2.54 bits per heavy atom. The van der Waals surface area contributed by atoms with Crippen molar-refractivity contribution in [2.24, 2.45) is 0 Å². The van der Waals surface area contributed by atoms with Crippen LogP contribution in [0, 0.1) is 5.82 Å². The number of thiophene rings is 1. The molecule has 1 amide bonds. The second-order valence-electron chi connectivity index (χ2n) is 6.21. The quantitative estimate of drug-likeness (QED) is 0.561. The average molecular weight is 397 g/mol. The summed E-state index contributed by atoms with van der Waals surface area (Å²) in [5.74, 6) is -1.44. The zero-order chi connectivity index (χ0) is 20.1. The summed E-state index contributed by atoms with van der Waals surface area (Å²) in [6, 6.07) is 17.0. The molecule has 0 bridgehead atoms. The Hall–Kier alpha value is -2.99. The minimum Gasteiger partial charge on any atom is -0.462 e. The Balaban J connectivity index is 1.93. The number of halogens is 1. The van der Waals surface area contributed by atoms with E-state index in [1.54, 1.807) is 13.0 Å². The third-order valence-electron chi connectivity index (χ3n) is 4.29. The van der Waals surface area contributed by atoms with Crippen molar-refractivity contribution in [1.82, 2.24) is 0 Å². The van der Waals surface area contributed by atoms with Crippen molar-refractivity contribution in [3.05, 3.63) is 88.0 Å². The molecule has 0 radical (unpaired) electrons. The molecule has 1 N–H and O–H groups in total. The SMILES string of the molecule is CCOC(=O)c1cc([C@H](C)c2ccccc2)sc1NC(=O)c1cccc(F)c1. The van der Waals surface area contributed by atoms with Gasteiger partial charge in [-0.2, -0.15) is 0 Å². The van der Waals surface area contributed by atoms with E-state index in [1.165, 1.54) is 29.5 Å². The number of carbonyl (C=O) groups is 2. The largest absolute Gasteiger partial charge is 0.462 e. The van der Waals surface area contributed by atoms with Crippen LogP contribution in [0.3, 0.4) is 0 Å². The number of carbonyl (C=O) groups excluding carboxylic acids is 2. The molecule has 0 aliphatic heterocycles. The predicted octanol–water partition coefficient (Wildman–Crippen LogP) is 5.47. The molecule has 1 heterocycles. The lowest BCUT2D eigenvalue weighted by Crippen LogP contribution is -2.14. The molecule has 0 saturated heterocycles. The van der Waals surface area contributed by atoms with E-state index in [4.69, 9.17) is 4.74 Å². The number of hydrogen-bond acceptors (Lipinski definition) is 4. The fraction of sp³-hybridized carbons (Fsp3) is 0.182. The van der Waals surface area contributed by atoms with Crippen LogP contribution in [-0.4, -0.2) is 18.5 Å². The highest BCUT2D eigenvalue weighted by atomic mass is 32.1. The molecule has 28 heavy (non-hydrogen) atoms. The summed E-state index contributed by atoms with van der Waals surface area (Å²) >= 11 is 1.32. The number of anilines is 1. The molecule has 1 aromatic heterocycles. The number of nitrogens with one attached hydrogen (secondary N) is 1. The first-order valence-corrected chi connectivity index (χ1v) is 9.74. The number of benzene rings is 2. The monoisotopic (exact) mass is 397 g/mol. The molecule has 3 aromatic rings. The zero-order valence-electron chi connectivity index (χ0n) is 15.6. The van der Waals surface area contributed by atoms with Crippen LogP contribution in [0.1, 0.15) is 50.9 Å². The molecule has 4 nitrogen and oxygen atoms in total. The summed E-state index contributed by atoms with van der Waals surface area (Å²) in [5, 5.41) is 3.13. The van der Waals surface area contributed by atoms with Crippen LogP contribution in [-0.2, 0) is 4.74 Å². The highest BCUT2D eigenvalue weighted by Crippen LogP contribution is 2.36. The van der Waals surface area contributed by atoms with Gasteiger partial charge in [0.05, 0.1) is 12.2 Å². The average Bonchev–Trinajstić information content (AvgIpc) is 3.12. The molecule has 0 fully saturated rings. The van der Waals surface area contributed by atoms with Crippen LogP contribution in [0.2, 0.25) is 0 Å². The maximum Gasteiger partial charge on any atom is 0.341 e. The molecule has 144 valence electrons. The minimum atomic E-state index is -0.500. The Bertz CT molecular complexity index is 984. The van der Waals surface area contributed by atoms with Crippen molar-refractivity contribution in [3.63, 3.8) is 0 Å². The molecular formula is C22H20FNO3S. The van der Waals surface area contributed by atoms with Crippen LogP contribution in [0.4, 0.5) is 9.39 Å². The third-order valence-corrected chi connectivity index (χ3v) is 5.52. The van der Waals surface area contributed by atoms with Gasteiger partial charge in [0.15, 0.2) is 0 Å². The lowest BCUT2D eigenvalue weighted by Gasteiger charge is -2.09. The summed E-state index contributed by atoms with van der Waals surface area (Å²) in [6.07, 6.45) is 0. The first-order chi connectivity index (χ1) is 13.5. The second-order valence-corrected chi connectivity index (χ2v) is 7.29. The van der Waals surface area contributed by atoms with E-state index in [9.17, 15) is 14.0 Å². The van der Waals surface area contributed by atoms with Gasteiger partial charge >= 0.3 is 5.97 Å². The van der Waals surface area contributed by atoms with Gasteiger partial charge in [-0.15, -0.1) is 11.3 Å².